The van der Waals surface area contributed by atoms with Gasteiger partial charge in [-0.2, -0.15) is 13.2 Å². The number of rotatable bonds is 5. The van der Waals surface area contributed by atoms with Gasteiger partial charge >= 0.3 is 6.18 Å². The summed E-state index contributed by atoms with van der Waals surface area (Å²) in [6.07, 6.45) is -5.39. The van der Waals surface area contributed by atoms with Crippen molar-refractivity contribution >= 4 is 23.2 Å². The smallest absolute Gasteiger partial charge is 0.392 e. The van der Waals surface area contributed by atoms with Crippen LogP contribution in [-0.4, -0.2) is 17.9 Å². The van der Waals surface area contributed by atoms with Crippen LogP contribution in [0, 0.1) is 0 Å². The van der Waals surface area contributed by atoms with E-state index in [1.54, 1.807) is 36.4 Å². The Balaban J connectivity index is 2.27. The standard InChI is InChI=1S/C18H17Cl2F3O2/c1-17(2,11-3-5-13(24)6-4-11)12-9-14(19)16(15(20)10-12)25-8-7-18(21,22)23/h3-6,9-10,24H,7-8H2,1-2H3. The second kappa shape index (κ2) is 7.34. The summed E-state index contributed by atoms with van der Waals surface area (Å²) in [6.45, 7) is 3.35. The van der Waals surface area contributed by atoms with Crippen LogP contribution in [0.2, 0.25) is 10.0 Å². The van der Waals surface area contributed by atoms with Gasteiger partial charge in [-0.1, -0.05) is 49.2 Å². The summed E-state index contributed by atoms with van der Waals surface area (Å²) in [5, 5.41) is 9.72. The molecule has 0 aliphatic carbocycles. The fourth-order valence-corrected chi connectivity index (χ4v) is 2.97. The zero-order valence-corrected chi connectivity index (χ0v) is 15.1. The van der Waals surface area contributed by atoms with E-state index in [0.717, 1.165) is 11.1 Å². The molecule has 0 spiro atoms. The van der Waals surface area contributed by atoms with Crippen molar-refractivity contribution in [2.45, 2.75) is 31.9 Å². The molecule has 0 saturated carbocycles. The molecule has 0 amide bonds. The molecule has 0 atom stereocenters. The van der Waals surface area contributed by atoms with E-state index < -0.39 is 24.6 Å². The summed E-state index contributed by atoms with van der Waals surface area (Å²) < 4.78 is 41.8. The van der Waals surface area contributed by atoms with Gasteiger partial charge in [0.15, 0.2) is 5.75 Å². The summed E-state index contributed by atoms with van der Waals surface area (Å²) >= 11 is 12.3. The van der Waals surface area contributed by atoms with E-state index in [0.29, 0.717) is 0 Å². The monoisotopic (exact) mass is 392 g/mol. The molecule has 2 aromatic carbocycles. The molecule has 2 rings (SSSR count). The van der Waals surface area contributed by atoms with Crippen molar-refractivity contribution in [2.24, 2.45) is 0 Å². The fourth-order valence-electron chi connectivity index (χ4n) is 2.37. The molecule has 0 unspecified atom stereocenters. The van der Waals surface area contributed by atoms with Crippen LogP contribution in [0.5, 0.6) is 11.5 Å². The summed E-state index contributed by atoms with van der Waals surface area (Å²) in [4.78, 5) is 0. The van der Waals surface area contributed by atoms with Gasteiger partial charge in [0.25, 0.3) is 0 Å². The minimum atomic E-state index is -4.31. The summed E-state index contributed by atoms with van der Waals surface area (Å²) in [7, 11) is 0. The molecule has 0 aliphatic heterocycles. The van der Waals surface area contributed by atoms with Crippen LogP contribution in [-0.2, 0) is 5.41 Å². The topological polar surface area (TPSA) is 29.5 Å². The average molecular weight is 393 g/mol. The molecular formula is C18H17Cl2F3O2. The molecule has 0 radical (unpaired) electrons. The lowest BCUT2D eigenvalue weighted by Crippen LogP contribution is -2.19. The summed E-state index contributed by atoms with van der Waals surface area (Å²) in [6, 6.07) is 9.98. The Morgan fingerprint density at radius 2 is 1.48 bits per heavy atom. The highest BCUT2D eigenvalue weighted by Crippen LogP contribution is 2.40. The Hall–Kier alpha value is -1.59. The second-order valence-corrected chi connectivity index (χ2v) is 6.97. The van der Waals surface area contributed by atoms with Crippen molar-refractivity contribution in [3.63, 3.8) is 0 Å². The van der Waals surface area contributed by atoms with Gasteiger partial charge in [0.1, 0.15) is 5.75 Å². The number of hydrogen-bond donors (Lipinski definition) is 1. The largest absolute Gasteiger partial charge is 0.508 e. The van der Waals surface area contributed by atoms with Gasteiger partial charge in [-0.3, -0.25) is 0 Å². The van der Waals surface area contributed by atoms with Crippen LogP contribution in [0.15, 0.2) is 36.4 Å². The number of halogens is 5. The normalized spacial score (nSPS) is 12.3. The van der Waals surface area contributed by atoms with Gasteiger partial charge < -0.3 is 9.84 Å². The first kappa shape index (κ1) is 19.7. The summed E-state index contributed by atoms with van der Waals surface area (Å²) in [5.41, 5.74) is 1.21. The molecule has 0 heterocycles. The van der Waals surface area contributed by atoms with Crippen molar-refractivity contribution < 1.29 is 23.0 Å². The second-order valence-electron chi connectivity index (χ2n) is 6.15. The van der Waals surface area contributed by atoms with Gasteiger partial charge in [0.2, 0.25) is 0 Å². The lowest BCUT2D eigenvalue weighted by Gasteiger charge is -2.27. The van der Waals surface area contributed by atoms with Gasteiger partial charge in [-0.15, -0.1) is 0 Å². The Labute approximate surface area is 154 Å². The third-order valence-electron chi connectivity index (χ3n) is 3.94. The van der Waals surface area contributed by atoms with Crippen LogP contribution in [0.3, 0.4) is 0 Å². The van der Waals surface area contributed by atoms with Crippen molar-refractivity contribution in [1.82, 2.24) is 0 Å². The summed E-state index contributed by atoms with van der Waals surface area (Å²) in [5.74, 6) is 0.196. The van der Waals surface area contributed by atoms with E-state index >= 15 is 0 Å². The van der Waals surface area contributed by atoms with Gasteiger partial charge in [-0.25, -0.2) is 0 Å². The first-order valence-electron chi connectivity index (χ1n) is 7.49. The van der Waals surface area contributed by atoms with E-state index in [4.69, 9.17) is 27.9 Å². The molecule has 7 heteroatoms. The van der Waals surface area contributed by atoms with Crippen LogP contribution in [0.4, 0.5) is 13.2 Å². The molecule has 136 valence electrons. The van der Waals surface area contributed by atoms with Crippen molar-refractivity contribution in [1.29, 1.82) is 0 Å². The van der Waals surface area contributed by atoms with Gasteiger partial charge in [-0.05, 0) is 35.4 Å². The number of alkyl halides is 3. The van der Waals surface area contributed by atoms with E-state index in [1.165, 1.54) is 0 Å². The maximum atomic E-state index is 12.2. The minimum Gasteiger partial charge on any atom is -0.508 e. The van der Waals surface area contributed by atoms with E-state index in [1.807, 2.05) is 13.8 Å². The minimum absolute atomic E-state index is 0.0397. The fraction of sp³-hybridized carbons (Fsp3) is 0.333. The molecule has 0 aromatic heterocycles. The highest BCUT2D eigenvalue weighted by Gasteiger charge is 2.28. The highest BCUT2D eigenvalue weighted by molar-refractivity contribution is 6.37. The maximum absolute atomic E-state index is 12.2. The molecule has 0 saturated heterocycles. The predicted octanol–water partition coefficient (Wildman–Crippen LogP) is 6.36. The third-order valence-corrected chi connectivity index (χ3v) is 4.50. The van der Waals surface area contributed by atoms with Gasteiger partial charge in [0, 0.05) is 5.41 Å². The highest BCUT2D eigenvalue weighted by atomic mass is 35.5. The lowest BCUT2D eigenvalue weighted by molar-refractivity contribution is -0.139. The van der Waals surface area contributed by atoms with Crippen LogP contribution >= 0.6 is 23.2 Å². The molecule has 0 fully saturated rings. The maximum Gasteiger partial charge on any atom is 0.392 e. The number of ether oxygens (including phenoxy) is 1. The SMILES string of the molecule is CC(C)(c1ccc(O)cc1)c1cc(Cl)c(OCCC(F)(F)F)c(Cl)c1. The Bertz CT molecular complexity index is 718. The molecule has 2 nitrogen and oxygen atoms in total. The zero-order chi connectivity index (χ0) is 18.8. The number of benzene rings is 2. The molecule has 2 aromatic rings. The first-order valence-corrected chi connectivity index (χ1v) is 8.25. The average Bonchev–Trinajstić information content (AvgIpc) is 2.49. The van der Waals surface area contributed by atoms with Crippen molar-refractivity contribution in [3.8, 4) is 11.5 Å². The quantitative estimate of drug-likeness (QED) is 0.641. The first-order chi connectivity index (χ1) is 11.5. The lowest BCUT2D eigenvalue weighted by atomic mass is 9.78. The van der Waals surface area contributed by atoms with Crippen LogP contribution in [0.25, 0.3) is 0 Å². The molecule has 1 N–H and O–H groups in total. The van der Waals surface area contributed by atoms with Crippen LogP contribution in [0.1, 0.15) is 31.4 Å². The zero-order valence-electron chi connectivity index (χ0n) is 13.6. The molecule has 0 aliphatic rings. The van der Waals surface area contributed by atoms with E-state index in [2.05, 4.69) is 0 Å². The van der Waals surface area contributed by atoms with Crippen molar-refractivity contribution in [2.75, 3.05) is 6.61 Å². The third kappa shape index (κ3) is 4.95. The predicted molar refractivity (Wildman–Crippen MR) is 92.9 cm³/mol. The number of hydrogen-bond acceptors (Lipinski definition) is 2. The van der Waals surface area contributed by atoms with E-state index in [-0.39, 0.29) is 21.5 Å². The molecule has 25 heavy (non-hydrogen) atoms. The Morgan fingerprint density at radius 1 is 0.960 bits per heavy atom. The van der Waals surface area contributed by atoms with Gasteiger partial charge in [0.05, 0.1) is 23.1 Å². The van der Waals surface area contributed by atoms with Crippen LogP contribution < -0.4 is 4.74 Å². The number of aromatic hydroxyl groups is 1. The number of phenolic OH excluding ortho intramolecular Hbond substituents is 1. The Kier molecular flexibility index (Phi) is 5.79. The Morgan fingerprint density at radius 3 is 1.96 bits per heavy atom. The molecular weight excluding hydrogens is 376 g/mol. The van der Waals surface area contributed by atoms with E-state index in [9.17, 15) is 18.3 Å². The molecule has 0 bridgehead atoms. The van der Waals surface area contributed by atoms with Crippen molar-refractivity contribution in [3.05, 3.63) is 57.6 Å². The number of phenols is 1.